The molecule has 0 saturated heterocycles. The Kier molecular flexibility index (Phi) is 5.38. The van der Waals surface area contributed by atoms with Gasteiger partial charge < -0.3 is 4.74 Å². The molecule has 0 saturated carbocycles. The first-order chi connectivity index (χ1) is 7.90. The quantitative estimate of drug-likeness (QED) is 0.573. The molecule has 0 amide bonds. The molecule has 0 heterocycles. The van der Waals surface area contributed by atoms with Crippen LogP contribution in [-0.4, -0.2) is 17.3 Å². The highest BCUT2D eigenvalue weighted by molar-refractivity contribution is 14.2. The van der Waals surface area contributed by atoms with Crippen molar-refractivity contribution in [3.05, 3.63) is 26.8 Å². The zero-order valence-corrected chi connectivity index (χ0v) is 12.6. The first-order valence-corrected chi connectivity index (χ1v) is 8.25. The van der Waals surface area contributed by atoms with Gasteiger partial charge >= 0.3 is 6.18 Å². The third kappa shape index (κ3) is 3.91. The molecular weight excluding hydrogens is 363 g/mol. The van der Waals surface area contributed by atoms with Crippen LogP contribution in [0, 0.1) is 10.5 Å². The van der Waals surface area contributed by atoms with Crippen molar-refractivity contribution in [3.8, 4) is 5.75 Å². The first-order valence-electron chi connectivity index (χ1n) is 4.83. The van der Waals surface area contributed by atoms with Crippen LogP contribution in [0.1, 0.15) is 11.1 Å². The van der Waals surface area contributed by atoms with Crippen molar-refractivity contribution < 1.29 is 17.9 Å². The molecule has 0 aliphatic rings. The fraction of sp³-hybridized carbons (Fsp3) is 0.364. The highest BCUT2D eigenvalue weighted by Gasteiger charge is 2.34. The molecular formula is C11H13F3IOP. The Morgan fingerprint density at radius 2 is 2.06 bits per heavy atom. The van der Waals surface area contributed by atoms with E-state index in [4.69, 9.17) is 4.74 Å². The Hall–Kier alpha value is -0.160. The molecule has 1 unspecified atom stereocenters. The molecule has 6 heteroatoms. The van der Waals surface area contributed by atoms with Crippen molar-refractivity contribution in [2.45, 2.75) is 13.1 Å². The lowest BCUT2D eigenvalue weighted by Crippen LogP contribution is -2.11. The maximum absolute atomic E-state index is 12.8. The van der Waals surface area contributed by atoms with Crippen LogP contribution in [0.25, 0.3) is 0 Å². The van der Waals surface area contributed by atoms with Crippen molar-refractivity contribution in [2.24, 2.45) is 0 Å². The molecule has 1 aromatic rings. The number of rotatable bonds is 4. The van der Waals surface area contributed by atoms with Gasteiger partial charge in [-0.3, -0.25) is 0 Å². The number of hydrogen-bond donors (Lipinski definition) is 0. The van der Waals surface area contributed by atoms with Crippen molar-refractivity contribution in [2.75, 3.05) is 12.8 Å². The minimum absolute atomic E-state index is 0.0797. The topological polar surface area (TPSA) is 9.23 Å². The second kappa shape index (κ2) is 6.14. The molecule has 96 valence electrons. The van der Waals surface area contributed by atoms with Gasteiger partial charge in [-0.2, -0.15) is 13.2 Å². The molecule has 0 aliphatic heterocycles. The van der Waals surface area contributed by atoms with Gasteiger partial charge in [-0.15, -0.1) is 9.24 Å². The average molecular weight is 376 g/mol. The Morgan fingerprint density at radius 3 is 2.53 bits per heavy atom. The number of alkyl halides is 3. The Morgan fingerprint density at radius 1 is 1.41 bits per heavy atom. The van der Waals surface area contributed by atoms with E-state index in [0.29, 0.717) is 11.7 Å². The zero-order valence-electron chi connectivity index (χ0n) is 9.27. The van der Waals surface area contributed by atoms with Crippen LogP contribution in [0.15, 0.2) is 12.1 Å². The number of ether oxygens (including phenoxy) is 1. The highest BCUT2D eigenvalue weighted by Crippen LogP contribution is 2.38. The van der Waals surface area contributed by atoms with Gasteiger partial charge in [0.25, 0.3) is 0 Å². The van der Waals surface area contributed by atoms with E-state index in [9.17, 15) is 13.2 Å². The second-order valence-corrected chi connectivity index (χ2v) is 5.87. The van der Waals surface area contributed by atoms with E-state index >= 15 is 0 Å². The Balaban J connectivity index is 3.26. The predicted molar refractivity (Wildman–Crippen MR) is 76.1 cm³/mol. The Labute approximate surface area is 111 Å². The van der Waals surface area contributed by atoms with Crippen LogP contribution in [-0.2, 0) is 6.18 Å². The smallest absolute Gasteiger partial charge is 0.419 e. The van der Waals surface area contributed by atoms with Crippen molar-refractivity contribution in [3.63, 3.8) is 0 Å². The third-order valence-corrected chi connectivity index (χ3v) is 4.31. The van der Waals surface area contributed by atoms with Crippen LogP contribution in [0.2, 0.25) is 0 Å². The summed E-state index contributed by atoms with van der Waals surface area (Å²) in [5.74, 6) is -0.0797. The van der Waals surface area contributed by atoms with E-state index < -0.39 is 32.5 Å². The summed E-state index contributed by atoms with van der Waals surface area (Å²) in [5.41, 5.74) is -0.0620. The van der Waals surface area contributed by atoms with E-state index in [1.165, 1.54) is 6.07 Å². The van der Waals surface area contributed by atoms with Crippen LogP contribution in [0.4, 0.5) is 13.2 Å². The average Bonchev–Trinajstić information content (AvgIpc) is 2.25. The van der Waals surface area contributed by atoms with Gasteiger partial charge in [0, 0.05) is 3.57 Å². The lowest BCUT2D eigenvalue weighted by atomic mass is 10.1. The van der Waals surface area contributed by atoms with Gasteiger partial charge in [0.2, 0.25) is 0 Å². The largest absolute Gasteiger partial charge is 0.493 e. The van der Waals surface area contributed by atoms with Crippen LogP contribution in [0.5, 0.6) is 5.75 Å². The molecule has 0 aliphatic carbocycles. The van der Waals surface area contributed by atoms with Gasteiger partial charge in [0.05, 0.1) is 12.2 Å². The molecule has 0 bridgehead atoms. The van der Waals surface area contributed by atoms with E-state index in [-0.39, 0.29) is 12.4 Å². The van der Waals surface area contributed by atoms with Gasteiger partial charge in [-0.1, -0.05) is 25.2 Å². The van der Waals surface area contributed by atoms with Crippen molar-refractivity contribution in [1.29, 1.82) is 0 Å². The molecule has 17 heavy (non-hydrogen) atoms. The monoisotopic (exact) mass is 376 g/mol. The van der Waals surface area contributed by atoms with Gasteiger partial charge in [0.15, 0.2) is 0 Å². The molecule has 1 nitrogen and oxygen atoms in total. The number of benzene rings is 1. The van der Waals surface area contributed by atoms with Crippen LogP contribution < -0.4 is 4.74 Å². The number of aryl methyl sites for hydroxylation is 1. The summed E-state index contributed by atoms with van der Waals surface area (Å²) in [6.45, 7) is 1.93. The van der Waals surface area contributed by atoms with E-state index in [0.717, 1.165) is 9.64 Å². The third-order valence-electron chi connectivity index (χ3n) is 2.09. The maximum Gasteiger partial charge on any atom is 0.419 e. The lowest BCUT2D eigenvalue weighted by molar-refractivity contribution is -0.138. The maximum atomic E-state index is 12.8. The fourth-order valence-electron chi connectivity index (χ4n) is 1.32. The van der Waals surface area contributed by atoms with Gasteiger partial charge in [-0.05, 0) is 30.8 Å². The van der Waals surface area contributed by atoms with Gasteiger partial charge in [-0.25, -0.2) is 0 Å². The molecule has 1 aromatic carbocycles. The fourth-order valence-corrected chi connectivity index (χ4v) is 2.70. The zero-order chi connectivity index (χ0) is 13.1. The minimum Gasteiger partial charge on any atom is -0.493 e. The predicted octanol–water partition coefficient (Wildman–Crippen LogP) is 3.84. The van der Waals surface area contributed by atoms with Crippen molar-refractivity contribution in [1.82, 2.24) is 0 Å². The van der Waals surface area contributed by atoms with Crippen molar-refractivity contribution >= 4 is 34.5 Å². The second-order valence-electron chi connectivity index (χ2n) is 3.37. The number of hydrogen-bond acceptors (Lipinski definition) is 1. The molecule has 1 atom stereocenters. The number of halogens is 4. The molecule has 0 radical (unpaired) electrons. The standard InChI is InChI=1S/C11H13F3IOP/c1-7-5-8(11(12,13)14)10(16-3-4-17)6-9(7)15-2/h5-6H,2-4,17H2,1H3. The summed E-state index contributed by atoms with van der Waals surface area (Å²) in [6, 6.07) is 2.64. The van der Waals surface area contributed by atoms with E-state index in [1.807, 2.05) is 0 Å². The normalized spacial score (nSPS) is 11.6. The summed E-state index contributed by atoms with van der Waals surface area (Å²) >= 11 is -0.497. The van der Waals surface area contributed by atoms with Crippen LogP contribution in [0.3, 0.4) is 0 Å². The highest BCUT2D eigenvalue weighted by atomic mass is 127. The first kappa shape index (κ1) is 14.9. The van der Waals surface area contributed by atoms with Crippen LogP contribution >= 0.6 is 30.0 Å². The van der Waals surface area contributed by atoms with E-state index in [2.05, 4.69) is 13.8 Å². The SMILES string of the molecule is C=Ic1cc(OCCP)c(C(F)(F)F)cc1C. The molecule has 0 spiro atoms. The lowest BCUT2D eigenvalue weighted by Gasteiger charge is -2.15. The summed E-state index contributed by atoms with van der Waals surface area (Å²) < 4.78 is 48.2. The summed E-state index contributed by atoms with van der Waals surface area (Å²) in [5, 5.41) is 0. The molecule has 0 fully saturated rings. The van der Waals surface area contributed by atoms with E-state index in [1.54, 1.807) is 6.92 Å². The molecule has 0 aromatic heterocycles. The summed E-state index contributed by atoms with van der Waals surface area (Å²) in [6.07, 6.45) is -3.78. The molecule has 1 rings (SSSR count). The molecule has 0 N–H and O–H groups in total. The summed E-state index contributed by atoms with van der Waals surface area (Å²) in [7, 11) is 2.42. The minimum atomic E-state index is -4.38. The Bertz CT molecular complexity index is 418. The summed E-state index contributed by atoms with van der Waals surface area (Å²) in [4.78, 5) is 0. The van der Waals surface area contributed by atoms with Gasteiger partial charge in [0.1, 0.15) is 5.75 Å².